The van der Waals surface area contributed by atoms with Crippen LogP contribution in [-0.2, 0) is 11.2 Å². The van der Waals surface area contributed by atoms with Gasteiger partial charge in [0, 0.05) is 36.2 Å². The molecule has 2 aromatic carbocycles. The largest absolute Gasteiger partial charge is 0.493 e. The molecule has 37 heavy (non-hydrogen) atoms. The molecule has 6 heteroatoms. The molecule has 0 N–H and O–H groups in total. The summed E-state index contributed by atoms with van der Waals surface area (Å²) in [6.07, 6.45) is 5.75. The summed E-state index contributed by atoms with van der Waals surface area (Å²) in [6.45, 7) is 5.48. The Bertz CT molecular complexity index is 1170. The van der Waals surface area contributed by atoms with Gasteiger partial charge in [0.1, 0.15) is 29.3 Å². The number of carbonyl (C=O) groups excluding carboxylic acids is 1. The Hall–Kier alpha value is -2.60. The van der Waals surface area contributed by atoms with Gasteiger partial charge in [-0.1, -0.05) is 24.3 Å². The van der Waals surface area contributed by atoms with Crippen LogP contribution in [0.15, 0.2) is 42.0 Å². The Kier molecular flexibility index (Phi) is 7.23. The van der Waals surface area contributed by atoms with Crippen molar-refractivity contribution in [2.24, 2.45) is 11.8 Å². The van der Waals surface area contributed by atoms with Gasteiger partial charge in [0.2, 0.25) is 0 Å². The zero-order valence-corrected chi connectivity index (χ0v) is 21.9. The Morgan fingerprint density at radius 1 is 1.08 bits per heavy atom. The number of carbonyl (C=O) groups is 1. The summed E-state index contributed by atoms with van der Waals surface area (Å²) in [5.41, 5.74) is 2.83. The van der Waals surface area contributed by atoms with Crippen molar-refractivity contribution in [2.45, 2.75) is 77.0 Å². The lowest BCUT2D eigenvalue weighted by atomic mass is 9.83. The Morgan fingerprint density at radius 3 is 2.41 bits per heavy atom. The molecule has 2 atom stereocenters. The minimum absolute atomic E-state index is 0.0325. The lowest BCUT2D eigenvalue weighted by Gasteiger charge is -2.44. The Morgan fingerprint density at radius 2 is 1.76 bits per heavy atom. The molecular formula is C31H36F3NO2. The van der Waals surface area contributed by atoms with E-state index in [0.29, 0.717) is 13.0 Å². The van der Waals surface area contributed by atoms with Crippen molar-refractivity contribution >= 4 is 11.9 Å². The van der Waals surface area contributed by atoms with Crippen LogP contribution in [0.1, 0.15) is 75.6 Å². The lowest BCUT2D eigenvalue weighted by Crippen LogP contribution is -2.47. The number of hydrogen-bond donors (Lipinski definition) is 0. The summed E-state index contributed by atoms with van der Waals surface area (Å²) in [4.78, 5) is 12.9. The molecule has 0 saturated heterocycles. The van der Waals surface area contributed by atoms with E-state index in [-0.39, 0.29) is 35.7 Å². The molecule has 0 bridgehead atoms. The molecule has 198 valence electrons. The van der Waals surface area contributed by atoms with Gasteiger partial charge in [-0.2, -0.15) is 0 Å². The second-order valence-electron chi connectivity index (χ2n) is 11.7. The van der Waals surface area contributed by atoms with Gasteiger partial charge in [0.05, 0.1) is 12.6 Å². The summed E-state index contributed by atoms with van der Waals surface area (Å²) in [5, 5.41) is 0. The van der Waals surface area contributed by atoms with Crippen LogP contribution in [0.3, 0.4) is 0 Å². The van der Waals surface area contributed by atoms with Gasteiger partial charge < -0.3 is 9.53 Å². The highest BCUT2D eigenvalue weighted by Crippen LogP contribution is 2.50. The van der Waals surface area contributed by atoms with E-state index in [2.05, 4.69) is 12.1 Å². The number of hydrogen-bond acceptors (Lipinski definition) is 3. The predicted octanol–water partition coefficient (Wildman–Crippen LogP) is 7.24. The number of benzene rings is 2. The molecule has 0 unspecified atom stereocenters. The Labute approximate surface area is 217 Å². The third kappa shape index (κ3) is 5.36. The fraction of sp³-hybridized carbons (Fsp3) is 0.516. The standard InChI is InChI=1S/C31H36F3NO2/c1-19-12-25-24-7-5-4-6-22(24)13-26(25)30(35(19)18-31(2,3)34)29-27(32)14-23(15-28(29)33)37-17-21-10-8-20(16-36)9-11-21/h4-7,14-16,19-21,30H,8-13,17-18H2,1-3H3/t19-,20?,21?,30+/m1/s1. The molecule has 3 nitrogen and oxygen atoms in total. The van der Waals surface area contributed by atoms with E-state index in [0.717, 1.165) is 60.7 Å². The lowest BCUT2D eigenvalue weighted by molar-refractivity contribution is -0.112. The molecular weight excluding hydrogens is 475 g/mol. The van der Waals surface area contributed by atoms with E-state index in [1.807, 2.05) is 24.0 Å². The maximum Gasteiger partial charge on any atom is 0.134 e. The topological polar surface area (TPSA) is 29.5 Å². The molecule has 2 aliphatic carbocycles. The summed E-state index contributed by atoms with van der Waals surface area (Å²) in [7, 11) is 0. The zero-order chi connectivity index (χ0) is 26.3. The van der Waals surface area contributed by atoms with Gasteiger partial charge >= 0.3 is 0 Å². The van der Waals surface area contributed by atoms with Crippen LogP contribution in [0.4, 0.5) is 13.2 Å². The van der Waals surface area contributed by atoms with E-state index < -0.39 is 23.3 Å². The van der Waals surface area contributed by atoms with Crippen molar-refractivity contribution < 1.29 is 22.7 Å². The molecule has 0 aromatic heterocycles. The molecule has 2 aromatic rings. The van der Waals surface area contributed by atoms with Crippen LogP contribution in [-0.4, -0.2) is 36.0 Å². The summed E-state index contributed by atoms with van der Waals surface area (Å²) >= 11 is 0. The van der Waals surface area contributed by atoms with Crippen LogP contribution < -0.4 is 4.74 Å². The van der Waals surface area contributed by atoms with Gasteiger partial charge in [-0.25, -0.2) is 13.2 Å². The van der Waals surface area contributed by atoms with Gasteiger partial charge in [-0.15, -0.1) is 0 Å². The number of fused-ring (bicyclic) bond motifs is 2. The van der Waals surface area contributed by atoms with Crippen molar-refractivity contribution in [3.63, 3.8) is 0 Å². The van der Waals surface area contributed by atoms with E-state index in [1.54, 1.807) is 0 Å². The molecule has 1 fully saturated rings. The summed E-state index contributed by atoms with van der Waals surface area (Å²) in [5.74, 6) is -0.775. The third-order valence-corrected chi connectivity index (χ3v) is 8.29. The van der Waals surface area contributed by atoms with E-state index in [4.69, 9.17) is 4.74 Å². The quantitative estimate of drug-likeness (QED) is 0.367. The minimum Gasteiger partial charge on any atom is -0.493 e. The molecule has 1 saturated carbocycles. The molecule has 1 aliphatic heterocycles. The molecule has 3 aliphatic rings. The number of ether oxygens (including phenoxy) is 1. The molecule has 0 amide bonds. The number of rotatable bonds is 7. The smallest absolute Gasteiger partial charge is 0.134 e. The first-order valence-corrected chi connectivity index (χ1v) is 13.5. The minimum atomic E-state index is -1.52. The van der Waals surface area contributed by atoms with Gasteiger partial charge in [0.25, 0.3) is 0 Å². The summed E-state index contributed by atoms with van der Waals surface area (Å²) < 4.78 is 52.3. The maximum atomic E-state index is 15.8. The molecule has 0 radical (unpaired) electrons. The second kappa shape index (κ2) is 10.3. The second-order valence-corrected chi connectivity index (χ2v) is 11.7. The number of alkyl halides is 1. The number of nitrogens with zero attached hydrogens (tertiary/aromatic N) is 1. The first-order chi connectivity index (χ1) is 17.6. The van der Waals surface area contributed by atoms with E-state index in [1.165, 1.54) is 26.0 Å². The molecule has 5 rings (SSSR count). The van der Waals surface area contributed by atoms with Crippen molar-refractivity contribution in [1.82, 2.24) is 4.90 Å². The highest BCUT2D eigenvalue weighted by molar-refractivity contribution is 5.79. The third-order valence-electron chi connectivity index (χ3n) is 8.29. The van der Waals surface area contributed by atoms with Gasteiger partial charge in [-0.05, 0) is 87.5 Å². The van der Waals surface area contributed by atoms with Crippen LogP contribution in [0.25, 0.3) is 5.57 Å². The van der Waals surface area contributed by atoms with Gasteiger partial charge in [0.15, 0.2) is 0 Å². The van der Waals surface area contributed by atoms with Crippen LogP contribution >= 0.6 is 0 Å². The molecule has 1 heterocycles. The van der Waals surface area contributed by atoms with Crippen molar-refractivity contribution in [3.8, 4) is 5.75 Å². The predicted molar refractivity (Wildman–Crippen MR) is 139 cm³/mol. The van der Waals surface area contributed by atoms with Crippen molar-refractivity contribution in [2.75, 3.05) is 13.2 Å². The fourth-order valence-electron chi connectivity index (χ4n) is 6.46. The SMILES string of the molecule is C[C@@H]1CC2=C(Cc3ccccc32)[C@@H](c2c(F)cc(OCC3CCC(C=O)CC3)cc2F)N1CC(C)(C)F. The van der Waals surface area contributed by atoms with Crippen molar-refractivity contribution in [3.05, 3.63) is 70.3 Å². The summed E-state index contributed by atoms with van der Waals surface area (Å²) in [6, 6.07) is 9.88. The van der Waals surface area contributed by atoms with Crippen LogP contribution in [0, 0.1) is 23.5 Å². The van der Waals surface area contributed by atoms with E-state index >= 15 is 8.78 Å². The fourth-order valence-corrected chi connectivity index (χ4v) is 6.46. The van der Waals surface area contributed by atoms with E-state index in [9.17, 15) is 9.18 Å². The highest BCUT2D eigenvalue weighted by Gasteiger charge is 2.43. The molecule has 0 spiro atoms. The number of aldehydes is 1. The first-order valence-electron chi connectivity index (χ1n) is 13.5. The zero-order valence-electron chi connectivity index (χ0n) is 21.9. The van der Waals surface area contributed by atoms with Crippen LogP contribution in [0.2, 0.25) is 0 Å². The normalized spacial score (nSPS) is 26.1. The van der Waals surface area contributed by atoms with Crippen LogP contribution in [0.5, 0.6) is 5.75 Å². The number of halogens is 3. The average molecular weight is 512 g/mol. The van der Waals surface area contributed by atoms with Crippen molar-refractivity contribution in [1.29, 1.82) is 0 Å². The average Bonchev–Trinajstić information content (AvgIpc) is 3.21. The van der Waals surface area contributed by atoms with Gasteiger partial charge in [-0.3, -0.25) is 4.90 Å². The Balaban J connectivity index is 1.45. The first kappa shape index (κ1) is 26.0. The highest BCUT2D eigenvalue weighted by atomic mass is 19.1. The maximum absolute atomic E-state index is 15.8. The monoisotopic (exact) mass is 511 g/mol.